The molecule has 6 rings (SSSR count). The molecule has 7 heteroatoms. The molecule has 1 fully saturated rings. The Hall–Kier alpha value is -3.97. The van der Waals surface area contributed by atoms with Crippen LogP contribution in [0.15, 0.2) is 103 Å². The van der Waals surface area contributed by atoms with Crippen LogP contribution in [0.2, 0.25) is 0 Å². The molecule has 5 aromatic rings. The van der Waals surface area contributed by atoms with Crippen molar-refractivity contribution in [3.05, 3.63) is 120 Å². The van der Waals surface area contributed by atoms with Crippen LogP contribution in [0.25, 0.3) is 20.5 Å². The fourth-order valence-corrected chi connectivity index (χ4v) is 6.24. The molecule has 2 heterocycles. The maximum Gasteiger partial charge on any atom is 0.343 e. The van der Waals surface area contributed by atoms with Crippen molar-refractivity contribution in [1.29, 1.82) is 0 Å². The van der Waals surface area contributed by atoms with E-state index in [-0.39, 0.29) is 18.2 Å². The Morgan fingerprint density at radius 3 is 2.12 bits per heavy atom. The molecule has 4 aromatic carbocycles. The van der Waals surface area contributed by atoms with Gasteiger partial charge in [-0.3, -0.25) is 9.69 Å². The summed E-state index contributed by atoms with van der Waals surface area (Å²) in [5.41, 5.74) is 2.68. The van der Waals surface area contributed by atoms with E-state index in [2.05, 4.69) is 4.90 Å². The number of ketones is 1. The van der Waals surface area contributed by atoms with Crippen LogP contribution in [0.4, 0.5) is 0 Å². The Bertz CT molecular complexity index is 1630. The van der Waals surface area contributed by atoms with E-state index in [1.807, 2.05) is 66.7 Å². The molecule has 208 valence electrons. The summed E-state index contributed by atoms with van der Waals surface area (Å²) in [6, 6.07) is 31.6. The largest absolute Gasteiger partial charge is 0.492 e. The molecule has 0 atom stereocenters. The van der Waals surface area contributed by atoms with Gasteiger partial charge in [0.05, 0.1) is 5.56 Å². The van der Waals surface area contributed by atoms with Crippen molar-refractivity contribution in [2.45, 2.75) is 12.8 Å². The number of nitrogens with zero attached hydrogens (tertiary/aromatic N) is 1. The molecule has 0 amide bonds. The van der Waals surface area contributed by atoms with E-state index < -0.39 is 5.97 Å². The van der Waals surface area contributed by atoms with Gasteiger partial charge in [-0.25, -0.2) is 4.79 Å². The molecule has 0 spiro atoms. The predicted octanol–water partition coefficient (Wildman–Crippen LogP) is 7.91. The summed E-state index contributed by atoms with van der Waals surface area (Å²) in [7, 11) is 0. The molecule has 0 bridgehead atoms. The molecule has 0 aliphatic carbocycles. The van der Waals surface area contributed by atoms with Gasteiger partial charge in [-0.2, -0.15) is 0 Å². The summed E-state index contributed by atoms with van der Waals surface area (Å²) >= 11 is 1.58. The molecule has 1 aliphatic rings. The molecule has 0 radical (unpaired) electrons. The van der Waals surface area contributed by atoms with E-state index in [1.54, 1.807) is 47.7 Å². The van der Waals surface area contributed by atoms with Gasteiger partial charge in [0.25, 0.3) is 0 Å². The highest BCUT2D eigenvalue weighted by molar-refractivity contribution is 7.22. The molecular weight excluding hydrogens is 554 g/mol. The Labute approximate surface area is 249 Å². The first-order valence-corrected chi connectivity index (χ1v) is 14.4. The summed E-state index contributed by atoms with van der Waals surface area (Å²) in [5.74, 6) is 0.781. The summed E-state index contributed by atoms with van der Waals surface area (Å²) in [6.45, 7) is 3.86. The van der Waals surface area contributed by atoms with E-state index in [4.69, 9.17) is 9.47 Å². The number of carbonyl (C=O) groups is 2. The van der Waals surface area contributed by atoms with Crippen LogP contribution in [-0.4, -0.2) is 42.9 Å². The van der Waals surface area contributed by atoms with Crippen molar-refractivity contribution < 1.29 is 19.1 Å². The molecule has 41 heavy (non-hydrogen) atoms. The maximum absolute atomic E-state index is 13.9. The number of likely N-dealkylation sites (tertiary alicyclic amines) is 1. The molecular formula is C34H30ClNO4S. The lowest BCUT2D eigenvalue weighted by atomic mass is 9.97. The minimum absolute atomic E-state index is 0. The van der Waals surface area contributed by atoms with Crippen molar-refractivity contribution in [2.24, 2.45) is 0 Å². The number of fused-ring (bicyclic) bond motifs is 1. The van der Waals surface area contributed by atoms with Crippen LogP contribution >= 0.6 is 23.7 Å². The van der Waals surface area contributed by atoms with Gasteiger partial charge in [-0.15, -0.1) is 23.7 Å². The zero-order valence-corrected chi connectivity index (χ0v) is 24.1. The average molecular weight is 584 g/mol. The minimum atomic E-state index is -0.408. The summed E-state index contributed by atoms with van der Waals surface area (Å²) in [6.07, 6.45) is 2.53. The zero-order valence-electron chi connectivity index (χ0n) is 22.5. The van der Waals surface area contributed by atoms with Crippen LogP contribution in [0.5, 0.6) is 11.5 Å². The SMILES string of the molecule is Cl.O=C(Oc1ccc(-c2sc3ccccc3c2C(=O)c2ccc(OCCN3CCCC3)cc2)cc1)c1ccccc1. The van der Waals surface area contributed by atoms with Crippen molar-refractivity contribution in [3.63, 3.8) is 0 Å². The first kappa shape index (κ1) is 28.6. The molecule has 0 unspecified atom stereocenters. The molecule has 1 aromatic heterocycles. The number of ether oxygens (including phenoxy) is 2. The third-order valence-electron chi connectivity index (χ3n) is 7.15. The molecule has 0 saturated carbocycles. The Balaban J connectivity index is 0.00000337. The number of esters is 1. The van der Waals surface area contributed by atoms with Crippen LogP contribution in [0.1, 0.15) is 39.1 Å². The third kappa shape index (κ3) is 6.51. The van der Waals surface area contributed by atoms with Crippen LogP contribution < -0.4 is 9.47 Å². The fraction of sp³-hybridized carbons (Fsp3) is 0.176. The van der Waals surface area contributed by atoms with Crippen molar-refractivity contribution in [3.8, 4) is 21.9 Å². The first-order chi connectivity index (χ1) is 19.7. The molecule has 1 saturated heterocycles. The molecule has 1 aliphatic heterocycles. The van der Waals surface area contributed by atoms with Crippen LogP contribution in [-0.2, 0) is 0 Å². The van der Waals surface area contributed by atoms with Gasteiger partial charge < -0.3 is 9.47 Å². The van der Waals surface area contributed by atoms with Gasteiger partial charge in [-0.05, 0) is 98.2 Å². The van der Waals surface area contributed by atoms with E-state index >= 15 is 0 Å². The van der Waals surface area contributed by atoms with Gasteiger partial charge >= 0.3 is 5.97 Å². The molecule has 0 N–H and O–H groups in total. The lowest BCUT2D eigenvalue weighted by Crippen LogP contribution is -2.25. The summed E-state index contributed by atoms with van der Waals surface area (Å²) < 4.78 is 12.5. The van der Waals surface area contributed by atoms with Gasteiger partial charge in [0, 0.05) is 32.6 Å². The van der Waals surface area contributed by atoms with Crippen LogP contribution in [0, 0.1) is 0 Å². The number of halogens is 1. The van der Waals surface area contributed by atoms with Gasteiger partial charge in [0.1, 0.15) is 18.1 Å². The van der Waals surface area contributed by atoms with Crippen molar-refractivity contribution in [2.75, 3.05) is 26.2 Å². The Morgan fingerprint density at radius 2 is 1.39 bits per heavy atom. The van der Waals surface area contributed by atoms with Gasteiger partial charge in [0.2, 0.25) is 0 Å². The second-order valence-electron chi connectivity index (χ2n) is 9.83. The fourth-order valence-electron chi connectivity index (χ4n) is 5.03. The van der Waals surface area contributed by atoms with Gasteiger partial charge in [-0.1, -0.05) is 36.4 Å². The lowest BCUT2D eigenvalue weighted by molar-refractivity contribution is 0.0734. The predicted molar refractivity (Wildman–Crippen MR) is 167 cm³/mol. The number of carbonyl (C=O) groups excluding carboxylic acids is 2. The van der Waals surface area contributed by atoms with E-state index in [0.29, 0.717) is 29.0 Å². The normalized spacial score (nSPS) is 13.1. The Morgan fingerprint density at radius 1 is 0.732 bits per heavy atom. The lowest BCUT2D eigenvalue weighted by Gasteiger charge is -2.15. The number of rotatable bonds is 9. The minimum Gasteiger partial charge on any atom is -0.492 e. The van der Waals surface area contributed by atoms with E-state index in [0.717, 1.165) is 45.9 Å². The average Bonchev–Trinajstić information content (AvgIpc) is 3.66. The highest BCUT2D eigenvalue weighted by atomic mass is 35.5. The standard InChI is InChI=1S/C34H29NO4S.ClH/c36-32(24-12-16-27(17-13-24)38-23-22-35-20-6-7-21-35)31-29-10-4-5-11-30(29)40-33(31)25-14-18-28(19-15-25)39-34(37)26-8-2-1-3-9-26;/h1-5,8-19H,6-7,20-23H2;1H. The Kier molecular flexibility index (Phi) is 9.14. The van der Waals surface area contributed by atoms with Gasteiger partial charge in [0.15, 0.2) is 5.78 Å². The van der Waals surface area contributed by atoms with Crippen LogP contribution in [0.3, 0.4) is 0 Å². The van der Waals surface area contributed by atoms with E-state index in [9.17, 15) is 9.59 Å². The summed E-state index contributed by atoms with van der Waals surface area (Å²) in [4.78, 5) is 29.6. The first-order valence-electron chi connectivity index (χ1n) is 13.5. The third-order valence-corrected chi connectivity index (χ3v) is 8.37. The maximum atomic E-state index is 13.9. The highest BCUT2D eigenvalue weighted by Gasteiger charge is 2.22. The second-order valence-corrected chi connectivity index (χ2v) is 10.9. The second kappa shape index (κ2) is 13.1. The van der Waals surface area contributed by atoms with Crippen molar-refractivity contribution in [1.82, 2.24) is 4.90 Å². The molecule has 5 nitrogen and oxygen atoms in total. The number of benzene rings is 4. The zero-order chi connectivity index (χ0) is 27.3. The number of thiophene rings is 1. The monoisotopic (exact) mass is 583 g/mol. The number of hydrogen-bond donors (Lipinski definition) is 0. The summed E-state index contributed by atoms with van der Waals surface area (Å²) in [5, 5.41) is 0.929. The highest BCUT2D eigenvalue weighted by Crippen LogP contribution is 2.40. The smallest absolute Gasteiger partial charge is 0.343 e. The number of hydrogen-bond acceptors (Lipinski definition) is 6. The topological polar surface area (TPSA) is 55.8 Å². The van der Waals surface area contributed by atoms with Crippen molar-refractivity contribution >= 4 is 45.6 Å². The van der Waals surface area contributed by atoms with E-state index in [1.165, 1.54) is 12.8 Å². The quantitative estimate of drug-likeness (QED) is 0.100.